The van der Waals surface area contributed by atoms with Crippen molar-refractivity contribution in [1.29, 1.82) is 5.41 Å². The third kappa shape index (κ3) is 3.80. The quantitative estimate of drug-likeness (QED) is 0.399. The topological polar surface area (TPSA) is 64.4 Å². The van der Waals surface area contributed by atoms with E-state index in [2.05, 4.69) is 19.1 Å². The molecule has 0 spiro atoms. The van der Waals surface area contributed by atoms with Crippen molar-refractivity contribution in [3.63, 3.8) is 0 Å². The lowest BCUT2D eigenvalue weighted by atomic mass is 9.76. The minimum absolute atomic E-state index is 0.0588. The van der Waals surface area contributed by atoms with E-state index < -0.39 is 5.92 Å². The molecule has 172 valence electrons. The molecule has 0 bridgehead atoms. The van der Waals surface area contributed by atoms with Crippen LogP contribution in [0.5, 0.6) is 0 Å². The Labute approximate surface area is 204 Å². The summed E-state index contributed by atoms with van der Waals surface area (Å²) in [4.78, 5) is 16.3. The SMILES string of the molecule is CCc1ccc(N2C(=N)/C(=C(/O)c3ccc(C)cc3)C(c3cccs3)C3=C2CCCC3=O)cc1. The molecule has 3 aromatic rings. The van der Waals surface area contributed by atoms with Crippen molar-refractivity contribution in [3.05, 3.63) is 104 Å². The van der Waals surface area contributed by atoms with E-state index >= 15 is 0 Å². The molecule has 1 unspecified atom stereocenters. The minimum Gasteiger partial charge on any atom is -0.507 e. The molecule has 1 aromatic heterocycles. The van der Waals surface area contributed by atoms with Crippen LogP contribution in [0.4, 0.5) is 5.69 Å². The lowest BCUT2D eigenvalue weighted by Gasteiger charge is -2.41. The normalized spacial score (nSPS) is 19.9. The predicted molar refractivity (Wildman–Crippen MR) is 140 cm³/mol. The molecule has 2 heterocycles. The number of aliphatic hydroxyl groups excluding tert-OH is 1. The molecular formula is C29H28N2O2S. The minimum atomic E-state index is -0.442. The van der Waals surface area contributed by atoms with Crippen molar-refractivity contribution in [2.75, 3.05) is 4.90 Å². The number of aliphatic hydroxyl groups is 1. The zero-order valence-corrected chi connectivity index (χ0v) is 20.3. The van der Waals surface area contributed by atoms with Crippen LogP contribution in [0.25, 0.3) is 5.76 Å². The molecule has 5 rings (SSSR count). The number of hydrogen-bond acceptors (Lipinski definition) is 4. The monoisotopic (exact) mass is 468 g/mol. The zero-order valence-electron chi connectivity index (χ0n) is 19.5. The zero-order chi connectivity index (χ0) is 23.8. The first-order valence-corrected chi connectivity index (χ1v) is 12.6. The molecule has 2 aliphatic rings. The smallest absolute Gasteiger partial charge is 0.161 e. The van der Waals surface area contributed by atoms with Gasteiger partial charge in [-0.2, -0.15) is 0 Å². The summed E-state index contributed by atoms with van der Waals surface area (Å²) >= 11 is 1.56. The van der Waals surface area contributed by atoms with Crippen molar-refractivity contribution >= 4 is 34.4 Å². The van der Waals surface area contributed by atoms with Crippen LogP contribution in [0.15, 0.2) is 82.9 Å². The van der Waals surface area contributed by atoms with E-state index in [1.165, 1.54) is 5.56 Å². The molecule has 2 N–H and O–H groups in total. The maximum Gasteiger partial charge on any atom is 0.161 e. The Hall–Kier alpha value is -3.44. The second kappa shape index (κ2) is 9.07. The molecule has 0 fully saturated rings. The summed E-state index contributed by atoms with van der Waals surface area (Å²) in [6.07, 6.45) is 2.94. The van der Waals surface area contributed by atoms with Crippen LogP contribution in [-0.4, -0.2) is 16.7 Å². The molecule has 1 aliphatic heterocycles. The second-order valence-corrected chi connectivity index (χ2v) is 9.90. The van der Waals surface area contributed by atoms with Gasteiger partial charge in [-0.05, 0) is 55.3 Å². The fourth-order valence-corrected chi connectivity index (χ4v) is 5.81. The van der Waals surface area contributed by atoms with Gasteiger partial charge in [0.1, 0.15) is 11.6 Å². The van der Waals surface area contributed by atoms with Gasteiger partial charge in [-0.15, -0.1) is 11.3 Å². The van der Waals surface area contributed by atoms with Gasteiger partial charge in [0.15, 0.2) is 5.78 Å². The molecule has 0 amide bonds. The molecular weight excluding hydrogens is 440 g/mol. The van der Waals surface area contributed by atoms with Gasteiger partial charge in [0.05, 0.1) is 11.5 Å². The number of benzene rings is 2. The maximum absolute atomic E-state index is 13.4. The van der Waals surface area contributed by atoms with Crippen molar-refractivity contribution in [3.8, 4) is 0 Å². The van der Waals surface area contributed by atoms with Crippen LogP contribution < -0.4 is 4.90 Å². The number of allylic oxidation sites excluding steroid dienone is 2. The number of nitrogens with one attached hydrogen (secondary N) is 1. The Balaban J connectivity index is 1.78. The van der Waals surface area contributed by atoms with Crippen molar-refractivity contribution in [2.45, 2.75) is 45.4 Å². The Morgan fingerprint density at radius 3 is 2.47 bits per heavy atom. The number of thiophene rings is 1. The molecule has 4 nitrogen and oxygen atoms in total. The van der Waals surface area contributed by atoms with Crippen LogP contribution in [0.1, 0.15) is 53.7 Å². The number of carbonyl (C=O) groups excluding carboxylic acids is 1. The van der Waals surface area contributed by atoms with E-state index in [1.807, 2.05) is 65.7 Å². The molecule has 34 heavy (non-hydrogen) atoms. The number of rotatable bonds is 4. The van der Waals surface area contributed by atoms with E-state index in [-0.39, 0.29) is 17.4 Å². The number of nitrogens with zero attached hydrogens (tertiary/aromatic N) is 1. The standard InChI is InChI=1S/C29H28N2O2S/c1-3-19-11-15-21(16-12-19)31-22-6-4-7-23(32)25(22)26(24-8-5-17-34-24)27(29(31)30)28(33)20-13-9-18(2)10-14-20/h5,8-17,26,30,33H,3-4,6-7H2,1-2H3/b28-27+,30-29?. The van der Waals surface area contributed by atoms with Gasteiger partial charge in [-0.25, -0.2) is 0 Å². The number of aryl methyl sites for hydroxylation is 2. The number of anilines is 1. The molecule has 2 aromatic carbocycles. The van der Waals surface area contributed by atoms with Gasteiger partial charge < -0.3 is 5.11 Å². The molecule has 5 heteroatoms. The van der Waals surface area contributed by atoms with Gasteiger partial charge in [-0.3, -0.25) is 15.1 Å². The molecule has 0 saturated heterocycles. The average Bonchev–Trinajstić information content (AvgIpc) is 3.38. The highest BCUT2D eigenvalue weighted by Crippen LogP contribution is 2.48. The fourth-order valence-electron chi connectivity index (χ4n) is 4.96. The van der Waals surface area contributed by atoms with Crippen LogP contribution in [-0.2, 0) is 11.2 Å². The largest absolute Gasteiger partial charge is 0.507 e. The van der Waals surface area contributed by atoms with Gasteiger partial charge >= 0.3 is 0 Å². The van der Waals surface area contributed by atoms with E-state index in [9.17, 15) is 15.3 Å². The lowest BCUT2D eigenvalue weighted by molar-refractivity contribution is -0.116. The van der Waals surface area contributed by atoms with E-state index in [4.69, 9.17) is 0 Å². The highest BCUT2D eigenvalue weighted by molar-refractivity contribution is 7.10. The van der Waals surface area contributed by atoms with Gasteiger partial charge in [0, 0.05) is 33.8 Å². The van der Waals surface area contributed by atoms with Gasteiger partial charge in [0.25, 0.3) is 0 Å². The third-order valence-electron chi connectivity index (χ3n) is 6.77. The van der Waals surface area contributed by atoms with Gasteiger partial charge in [-0.1, -0.05) is 55.0 Å². The maximum atomic E-state index is 13.4. The summed E-state index contributed by atoms with van der Waals surface area (Å²) in [5.41, 5.74) is 5.92. The van der Waals surface area contributed by atoms with Gasteiger partial charge in [0.2, 0.25) is 0 Å². The van der Waals surface area contributed by atoms with Crippen LogP contribution in [0.2, 0.25) is 0 Å². The van der Waals surface area contributed by atoms with E-state index in [0.717, 1.165) is 46.7 Å². The Morgan fingerprint density at radius 2 is 1.82 bits per heavy atom. The summed E-state index contributed by atoms with van der Waals surface area (Å²) < 4.78 is 0. The lowest BCUT2D eigenvalue weighted by Crippen LogP contribution is -2.42. The third-order valence-corrected chi connectivity index (χ3v) is 7.70. The number of hydrogen-bond donors (Lipinski definition) is 2. The molecule has 0 radical (unpaired) electrons. The first-order valence-electron chi connectivity index (χ1n) is 11.8. The van der Waals surface area contributed by atoms with Crippen LogP contribution in [0.3, 0.4) is 0 Å². The number of ketones is 1. The number of carbonyl (C=O) groups is 1. The Bertz CT molecular complexity index is 1300. The van der Waals surface area contributed by atoms with Crippen molar-refractivity contribution < 1.29 is 9.90 Å². The highest BCUT2D eigenvalue weighted by Gasteiger charge is 2.43. The Kier molecular flexibility index (Phi) is 5.96. The van der Waals surface area contributed by atoms with Crippen molar-refractivity contribution in [1.82, 2.24) is 0 Å². The number of amidine groups is 1. The van der Waals surface area contributed by atoms with E-state index in [1.54, 1.807) is 11.3 Å². The van der Waals surface area contributed by atoms with Crippen molar-refractivity contribution in [2.24, 2.45) is 0 Å². The van der Waals surface area contributed by atoms with Crippen LogP contribution in [0, 0.1) is 12.3 Å². The average molecular weight is 469 g/mol. The summed E-state index contributed by atoms with van der Waals surface area (Å²) in [6, 6.07) is 19.8. The molecule has 1 aliphatic carbocycles. The molecule has 1 atom stereocenters. The first kappa shape index (κ1) is 22.4. The van der Waals surface area contributed by atoms with Crippen LogP contribution >= 0.6 is 11.3 Å². The Morgan fingerprint density at radius 1 is 1.09 bits per heavy atom. The fraction of sp³-hybridized carbons (Fsp3) is 0.241. The summed E-state index contributed by atoms with van der Waals surface area (Å²) in [6.45, 7) is 4.12. The predicted octanol–water partition coefficient (Wildman–Crippen LogP) is 7.18. The highest BCUT2D eigenvalue weighted by atomic mass is 32.1. The second-order valence-electron chi connectivity index (χ2n) is 8.92. The first-order chi connectivity index (χ1) is 16.5. The van der Waals surface area contributed by atoms with E-state index in [0.29, 0.717) is 17.6 Å². The summed E-state index contributed by atoms with van der Waals surface area (Å²) in [5, 5.41) is 22.9. The molecule has 0 saturated carbocycles. The summed E-state index contributed by atoms with van der Waals surface area (Å²) in [5.74, 6) is -0.0445. The number of Topliss-reactive ketones (excluding diaryl/α,β-unsaturated/α-hetero) is 1. The summed E-state index contributed by atoms with van der Waals surface area (Å²) in [7, 11) is 0.